The Bertz CT molecular complexity index is 611. The molecule has 2 rings (SSSR count). The molecule has 1 unspecified atom stereocenters. The standard InChI is InChI=1S/C16H18Cl2N2/c1-10-3-4-11(2)12(7-10)8-16(20-19)14-6-5-13(17)9-15(14)18/h3-7,9,16,20H,8,19H2,1-2H3. The van der Waals surface area contributed by atoms with Crippen molar-refractivity contribution in [3.05, 3.63) is 68.7 Å². The average molecular weight is 309 g/mol. The van der Waals surface area contributed by atoms with E-state index >= 15 is 0 Å². The predicted octanol–water partition coefficient (Wildman–Crippen LogP) is 4.36. The van der Waals surface area contributed by atoms with E-state index in [1.165, 1.54) is 16.7 Å². The number of hydrazine groups is 1. The summed E-state index contributed by atoms with van der Waals surface area (Å²) < 4.78 is 0. The lowest BCUT2D eigenvalue weighted by Gasteiger charge is -2.19. The summed E-state index contributed by atoms with van der Waals surface area (Å²) in [6, 6.07) is 11.9. The van der Waals surface area contributed by atoms with Gasteiger partial charge in [-0.25, -0.2) is 0 Å². The van der Waals surface area contributed by atoms with Crippen molar-refractivity contribution in [3.63, 3.8) is 0 Å². The molecule has 0 aromatic heterocycles. The van der Waals surface area contributed by atoms with Crippen LogP contribution >= 0.6 is 23.2 Å². The van der Waals surface area contributed by atoms with E-state index < -0.39 is 0 Å². The van der Waals surface area contributed by atoms with Crippen molar-refractivity contribution in [1.82, 2.24) is 5.43 Å². The van der Waals surface area contributed by atoms with Crippen LogP contribution in [0.5, 0.6) is 0 Å². The first-order valence-electron chi connectivity index (χ1n) is 6.48. The molecule has 0 aliphatic rings. The van der Waals surface area contributed by atoms with Gasteiger partial charge < -0.3 is 0 Å². The van der Waals surface area contributed by atoms with Crippen molar-refractivity contribution in [2.75, 3.05) is 0 Å². The first-order chi connectivity index (χ1) is 9.51. The van der Waals surface area contributed by atoms with Crippen molar-refractivity contribution < 1.29 is 0 Å². The molecule has 2 aromatic carbocycles. The lowest BCUT2D eigenvalue weighted by molar-refractivity contribution is 0.551. The van der Waals surface area contributed by atoms with Crippen LogP contribution in [0.3, 0.4) is 0 Å². The van der Waals surface area contributed by atoms with Crippen LogP contribution in [-0.2, 0) is 6.42 Å². The fourth-order valence-corrected chi connectivity index (χ4v) is 2.82. The lowest BCUT2D eigenvalue weighted by Crippen LogP contribution is -2.30. The molecule has 0 heterocycles. The Morgan fingerprint density at radius 3 is 2.50 bits per heavy atom. The zero-order chi connectivity index (χ0) is 14.7. The highest BCUT2D eigenvalue weighted by molar-refractivity contribution is 6.35. The summed E-state index contributed by atoms with van der Waals surface area (Å²) in [5.41, 5.74) is 7.56. The van der Waals surface area contributed by atoms with Crippen LogP contribution in [0.4, 0.5) is 0 Å². The minimum atomic E-state index is -0.0414. The third-order valence-electron chi connectivity index (χ3n) is 3.47. The molecule has 4 heteroatoms. The van der Waals surface area contributed by atoms with Gasteiger partial charge in [0.15, 0.2) is 0 Å². The molecule has 0 fully saturated rings. The van der Waals surface area contributed by atoms with E-state index in [1.54, 1.807) is 6.07 Å². The van der Waals surface area contributed by atoms with Crippen molar-refractivity contribution >= 4 is 23.2 Å². The van der Waals surface area contributed by atoms with Gasteiger partial charge in [-0.3, -0.25) is 11.3 Å². The van der Waals surface area contributed by atoms with Gasteiger partial charge in [0.1, 0.15) is 0 Å². The molecule has 2 aromatic rings. The maximum atomic E-state index is 6.26. The topological polar surface area (TPSA) is 38.0 Å². The van der Waals surface area contributed by atoms with Gasteiger partial charge in [-0.05, 0) is 49.1 Å². The molecule has 20 heavy (non-hydrogen) atoms. The predicted molar refractivity (Wildman–Crippen MR) is 86.1 cm³/mol. The van der Waals surface area contributed by atoms with Gasteiger partial charge >= 0.3 is 0 Å². The van der Waals surface area contributed by atoms with Crippen LogP contribution in [0.25, 0.3) is 0 Å². The Kier molecular flexibility index (Phi) is 5.06. The summed E-state index contributed by atoms with van der Waals surface area (Å²) in [7, 11) is 0. The van der Waals surface area contributed by atoms with E-state index in [9.17, 15) is 0 Å². The molecule has 0 aliphatic carbocycles. The SMILES string of the molecule is Cc1ccc(C)c(CC(NN)c2ccc(Cl)cc2Cl)c1. The molecule has 0 saturated carbocycles. The Labute approximate surface area is 129 Å². The van der Waals surface area contributed by atoms with E-state index in [0.717, 1.165) is 12.0 Å². The van der Waals surface area contributed by atoms with Crippen LogP contribution in [0.2, 0.25) is 10.0 Å². The minimum Gasteiger partial charge on any atom is -0.271 e. The second-order valence-corrected chi connectivity index (χ2v) is 5.86. The summed E-state index contributed by atoms with van der Waals surface area (Å²) in [4.78, 5) is 0. The van der Waals surface area contributed by atoms with E-state index in [1.807, 2.05) is 12.1 Å². The van der Waals surface area contributed by atoms with Gasteiger partial charge in [-0.15, -0.1) is 0 Å². The van der Waals surface area contributed by atoms with Crippen molar-refractivity contribution in [2.24, 2.45) is 5.84 Å². The van der Waals surface area contributed by atoms with Crippen molar-refractivity contribution in [3.8, 4) is 0 Å². The number of rotatable bonds is 4. The fourth-order valence-electron chi connectivity index (χ4n) is 2.28. The maximum Gasteiger partial charge on any atom is 0.0515 e. The number of aryl methyl sites for hydroxylation is 2. The van der Waals surface area contributed by atoms with Crippen LogP contribution in [0.1, 0.15) is 28.3 Å². The van der Waals surface area contributed by atoms with Crippen molar-refractivity contribution in [1.29, 1.82) is 0 Å². The third kappa shape index (κ3) is 3.53. The Morgan fingerprint density at radius 2 is 1.85 bits per heavy atom. The Morgan fingerprint density at radius 1 is 1.10 bits per heavy atom. The first kappa shape index (κ1) is 15.3. The van der Waals surface area contributed by atoms with Crippen LogP contribution < -0.4 is 11.3 Å². The largest absolute Gasteiger partial charge is 0.271 e. The van der Waals surface area contributed by atoms with E-state index in [0.29, 0.717) is 10.0 Å². The van der Waals surface area contributed by atoms with Gasteiger partial charge in [0.05, 0.1) is 6.04 Å². The molecule has 0 spiro atoms. The highest BCUT2D eigenvalue weighted by atomic mass is 35.5. The van der Waals surface area contributed by atoms with Gasteiger partial charge in [-0.2, -0.15) is 0 Å². The number of hydrogen-bond donors (Lipinski definition) is 2. The van der Waals surface area contributed by atoms with E-state index in [2.05, 4.69) is 37.5 Å². The van der Waals surface area contributed by atoms with Gasteiger partial charge in [0.2, 0.25) is 0 Å². The van der Waals surface area contributed by atoms with Gasteiger partial charge in [-0.1, -0.05) is 53.0 Å². The zero-order valence-electron chi connectivity index (χ0n) is 11.6. The van der Waals surface area contributed by atoms with Crippen LogP contribution in [0, 0.1) is 13.8 Å². The quantitative estimate of drug-likeness (QED) is 0.650. The Hall–Kier alpha value is -1.06. The molecular weight excluding hydrogens is 291 g/mol. The molecule has 0 amide bonds. The summed E-state index contributed by atoms with van der Waals surface area (Å²) in [5, 5.41) is 1.26. The highest BCUT2D eigenvalue weighted by Crippen LogP contribution is 2.28. The minimum absolute atomic E-state index is 0.0414. The number of nitrogens with two attached hydrogens (primary N) is 1. The highest BCUT2D eigenvalue weighted by Gasteiger charge is 2.15. The number of hydrogen-bond acceptors (Lipinski definition) is 2. The zero-order valence-corrected chi connectivity index (χ0v) is 13.1. The van der Waals surface area contributed by atoms with E-state index in [4.69, 9.17) is 29.0 Å². The number of benzene rings is 2. The number of halogens is 2. The second-order valence-electron chi connectivity index (χ2n) is 5.02. The normalized spacial score (nSPS) is 12.4. The molecule has 1 atom stereocenters. The van der Waals surface area contributed by atoms with Crippen LogP contribution in [0.15, 0.2) is 36.4 Å². The molecule has 3 N–H and O–H groups in total. The second kappa shape index (κ2) is 6.59. The first-order valence-corrected chi connectivity index (χ1v) is 7.24. The molecule has 106 valence electrons. The molecule has 0 saturated heterocycles. The van der Waals surface area contributed by atoms with Crippen LogP contribution in [-0.4, -0.2) is 0 Å². The molecular formula is C16H18Cl2N2. The molecule has 0 aliphatic heterocycles. The molecule has 0 radical (unpaired) electrons. The summed E-state index contributed by atoms with van der Waals surface area (Å²) in [5.74, 6) is 5.71. The summed E-state index contributed by atoms with van der Waals surface area (Å²) >= 11 is 12.2. The summed E-state index contributed by atoms with van der Waals surface area (Å²) in [6.07, 6.45) is 0.783. The van der Waals surface area contributed by atoms with E-state index in [-0.39, 0.29) is 6.04 Å². The monoisotopic (exact) mass is 308 g/mol. The third-order valence-corrected chi connectivity index (χ3v) is 4.03. The maximum absolute atomic E-state index is 6.26. The Balaban J connectivity index is 2.31. The van der Waals surface area contributed by atoms with Crippen molar-refractivity contribution in [2.45, 2.75) is 26.3 Å². The summed E-state index contributed by atoms with van der Waals surface area (Å²) in [6.45, 7) is 4.19. The molecule has 0 bridgehead atoms. The fraction of sp³-hybridized carbons (Fsp3) is 0.250. The van der Waals surface area contributed by atoms with Gasteiger partial charge in [0, 0.05) is 10.0 Å². The lowest BCUT2D eigenvalue weighted by atomic mass is 9.95. The molecule has 2 nitrogen and oxygen atoms in total. The number of nitrogens with one attached hydrogen (secondary N) is 1. The average Bonchev–Trinajstić information content (AvgIpc) is 2.40. The smallest absolute Gasteiger partial charge is 0.0515 e. The van der Waals surface area contributed by atoms with Gasteiger partial charge in [0.25, 0.3) is 0 Å².